The van der Waals surface area contributed by atoms with E-state index < -0.39 is 12.0 Å². The number of anilines is 1. The van der Waals surface area contributed by atoms with E-state index in [1.807, 2.05) is 0 Å². The van der Waals surface area contributed by atoms with Crippen LogP contribution in [-0.2, 0) is 16.0 Å². The number of nitrogens with two attached hydrogens (primary N) is 1. The van der Waals surface area contributed by atoms with Crippen molar-refractivity contribution in [2.24, 2.45) is 5.73 Å². The first-order chi connectivity index (χ1) is 9.52. The Bertz CT molecular complexity index is 465. The Labute approximate surface area is 123 Å². The average Bonchev–Trinajstić information content (AvgIpc) is 2.39. The minimum Gasteiger partial charge on any atom is -0.480 e. The van der Waals surface area contributed by atoms with Crippen molar-refractivity contribution < 1.29 is 14.7 Å². The van der Waals surface area contributed by atoms with Crippen molar-refractivity contribution in [3.05, 3.63) is 29.8 Å². The molecule has 0 aliphatic rings. The highest BCUT2D eigenvalue weighted by atomic mass is 35.5. The quantitative estimate of drug-likeness (QED) is 0.505. The van der Waals surface area contributed by atoms with Crippen LogP contribution in [0.1, 0.15) is 24.8 Å². The first kappa shape index (κ1) is 16.5. The molecule has 0 bridgehead atoms. The first-order valence-corrected chi connectivity index (χ1v) is 6.99. The minimum atomic E-state index is -1.04. The molecule has 0 radical (unpaired) electrons. The molecule has 110 valence electrons. The molecule has 1 atom stereocenters. The molecule has 0 aliphatic heterocycles. The summed E-state index contributed by atoms with van der Waals surface area (Å²) >= 11 is 5.55. The number of carboxylic acid groups (broad SMARTS) is 1. The maximum absolute atomic E-state index is 11.7. The van der Waals surface area contributed by atoms with Crippen LogP contribution < -0.4 is 11.1 Å². The fraction of sp³-hybridized carbons (Fsp3) is 0.429. The zero-order chi connectivity index (χ0) is 15.0. The molecule has 1 aromatic rings. The van der Waals surface area contributed by atoms with Crippen LogP contribution in [0.4, 0.5) is 5.69 Å². The SMILES string of the molecule is N[C@@H](Cc1cccc(NC(=O)CCCCCl)c1)C(=O)O. The molecule has 0 saturated carbocycles. The van der Waals surface area contributed by atoms with Gasteiger partial charge in [-0.15, -0.1) is 11.6 Å². The Morgan fingerprint density at radius 2 is 2.10 bits per heavy atom. The Morgan fingerprint density at radius 3 is 2.75 bits per heavy atom. The first-order valence-electron chi connectivity index (χ1n) is 6.46. The van der Waals surface area contributed by atoms with Gasteiger partial charge in [0.2, 0.25) is 5.91 Å². The summed E-state index contributed by atoms with van der Waals surface area (Å²) in [5.41, 5.74) is 6.91. The summed E-state index contributed by atoms with van der Waals surface area (Å²) in [6.07, 6.45) is 2.21. The number of aliphatic carboxylic acids is 1. The molecule has 20 heavy (non-hydrogen) atoms. The van der Waals surface area contributed by atoms with Gasteiger partial charge in [-0.3, -0.25) is 9.59 Å². The Hall–Kier alpha value is -1.59. The largest absolute Gasteiger partial charge is 0.480 e. The number of alkyl halides is 1. The van der Waals surface area contributed by atoms with Crippen LogP contribution in [-0.4, -0.2) is 28.9 Å². The fourth-order valence-electron chi connectivity index (χ4n) is 1.72. The zero-order valence-corrected chi connectivity index (χ0v) is 11.9. The molecule has 0 saturated heterocycles. The lowest BCUT2D eigenvalue weighted by Gasteiger charge is -2.09. The second-order valence-corrected chi connectivity index (χ2v) is 4.92. The topological polar surface area (TPSA) is 92.4 Å². The summed E-state index contributed by atoms with van der Waals surface area (Å²) < 4.78 is 0. The van der Waals surface area contributed by atoms with Gasteiger partial charge in [0.05, 0.1) is 0 Å². The second-order valence-electron chi connectivity index (χ2n) is 4.54. The number of carboxylic acids is 1. The Morgan fingerprint density at radius 1 is 1.35 bits per heavy atom. The molecule has 4 N–H and O–H groups in total. The van der Waals surface area contributed by atoms with Crippen molar-refractivity contribution in [1.29, 1.82) is 0 Å². The predicted molar refractivity (Wildman–Crippen MR) is 79.0 cm³/mol. The van der Waals surface area contributed by atoms with E-state index >= 15 is 0 Å². The van der Waals surface area contributed by atoms with Crippen molar-refractivity contribution in [3.8, 4) is 0 Å². The van der Waals surface area contributed by atoms with Gasteiger partial charge in [-0.05, 0) is 37.0 Å². The molecule has 6 heteroatoms. The van der Waals surface area contributed by atoms with Gasteiger partial charge in [0.25, 0.3) is 0 Å². The highest BCUT2D eigenvalue weighted by molar-refractivity contribution is 6.17. The summed E-state index contributed by atoms with van der Waals surface area (Å²) in [6, 6.07) is 6.10. The molecule has 0 unspecified atom stereocenters. The fourth-order valence-corrected chi connectivity index (χ4v) is 1.91. The van der Waals surface area contributed by atoms with Crippen LogP contribution in [0.5, 0.6) is 0 Å². The third-order valence-corrected chi connectivity index (χ3v) is 3.04. The van der Waals surface area contributed by atoms with E-state index in [1.54, 1.807) is 24.3 Å². The van der Waals surface area contributed by atoms with Gasteiger partial charge >= 0.3 is 5.97 Å². The van der Waals surface area contributed by atoms with Crippen molar-refractivity contribution in [1.82, 2.24) is 0 Å². The number of amides is 1. The number of carbonyl (C=O) groups excluding carboxylic acids is 1. The van der Waals surface area contributed by atoms with Gasteiger partial charge in [-0.2, -0.15) is 0 Å². The van der Waals surface area contributed by atoms with E-state index in [2.05, 4.69) is 5.32 Å². The third-order valence-electron chi connectivity index (χ3n) is 2.77. The number of rotatable bonds is 8. The van der Waals surface area contributed by atoms with E-state index in [-0.39, 0.29) is 12.3 Å². The molecule has 0 aromatic heterocycles. The lowest BCUT2D eigenvalue weighted by molar-refractivity contribution is -0.138. The molecule has 1 rings (SSSR count). The van der Waals surface area contributed by atoms with E-state index in [4.69, 9.17) is 22.4 Å². The van der Waals surface area contributed by atoms with Crippen molar-refractivity contribution in [2.75, 3.05) is 11.2 Å². The molecular weight excluding hydrogens is 280 g/mol. The van der Waals surface area contributed by atoms with Crippen molar-refractivity contribution in [3.63, 3.8) is 0 Å². The number of benzene rings is 1. The number of hydrogen-bond donors (Lipinski definition) is 3. The molecule has 0 fully saturated rings. The van der Waals surface area contributed by atoms with Gasteiger partial charge in [0.15, 0.2) is 0 Å². The molecule has 1 amide bonds. The average molecular weight is 299 g/mol. The van der Waals surface area contributed by atoms with E-state index in [0.29, 0.717) is 18.0 Å². The van der Waals surface area contributed by atoms with Gasteiger partial charge < -0.3 is 16.2 Å². The van der Waals surface area contributed by atoms with Crippen LogP contribution in [0.25, 0.3) is 0 Å². The normalized spacial score (nSPS) is 11.9. The van der Waals surface area contributed by atoms with Gasteiger partial charge in [0.1, 0.15) is 6.04 Å². The van der Waals surface area contributed by atoms with E-state index in [9.17, 15) is 9.59 Å². The molecule has 0 heterocycles. The Kier molecular flexibility index (Phi) is 7.04. The smallest absolute Gasteiger partial charge is 0.320 e. The molecule has 0 aliphatic carbocycles. The van der Waals surface area contributed by atoms with Crippen LogP contribution >= 0.6 is 11.6 Å². The summed E-state index contributed by atoms with van der Waals surface area (Å²) in [4.78, 5) is 22.4. The van der Waals surface area contributed by atoms with Gasteiger partial charge in [-0.1, -0.05) is 12.1 Å². The predicted octanol–water partition coefficient (Wildman–Crippen LogP) is 1.99. The number of nitrogens with one attached hydrogen (secondary N) is 1. The summed E-state index contributed by atoms with van der Waals surface area (Å²) in [6.45, 7) is 0. The lowest BCUT2D eigenvalue weighted by atomic mass is 10.1. The standard InChI is InChI=1S/C14H19ClN2O3/c15-7-2-1-6-13(18)17-11-5-3-4-10(8-11)9-12(16)14(19)20/h3-5,8,12H,1-2,6-7,9,16H2,(H,17,18)(H,19,20)/t12-/m0/s1. The van der Waals surface area contributed by atoms with Crippen LogP contribution in [0.15, 0.2) is 24.3 Å². The highest BCUT2D eigenvalue weighted by Gasteiger charge is 2.12. The van der Waals surface area contributed by atoms with Crippen LogP contribution in [0.2, 0.25) is 0 Å². The molecule has 0 spiro atoms. The number of carbonyl (C=O) groups is 2. The van der Waals surface area contributed by atoms with E-state index in [0.717, 1.165) is 18.4 Å². The summed E-state index contributed by atoms with van der Waals surface area (Å²) in [5.74, 6) is -0.564. The highest BCUT2D eigenvalue weighted by Crippen LogP contribution is 2.13. The number of halogens is 1. The van der Waals surface area contributed by atoms with Gasteiger partial charge in [0, 0.05) is 18.0 Å². The zero-order valence-electron chi connectivity index (χ0n) is 11.1. The molecule has 5 nitrogen and oxygen atoms in total. The minimum absolute atomic E-state index is 0.0743. The molecule has 1 aromatic carbocycles. The van der Waals surface area contributed by atoms with Crippen molar-refractivity contribution >= 4 is 29.2 Å². The summed E-state index contributed by atoms with van der Waals surface area (Å²) in [5, 5.41) is 11.5. The van der Waals surface area contributed by atoms with Crippen LogP contribution in [0, 0.1) is 0 Å². The van der Waals surface area contributed by atoms with Crippen LogP contribution in [0.3, 0.4) is 0 Å². The maximum Gasteiger partial charge on any atom is 0.320 e. The maximum atomic E-state index is 11.7. The number of hydrogen-bond acceptors (Lipinski definition) is 3. The lowest BCUT2D eigenvalue weighted by Crippen LogP contribution is -2.32. The summed E-state index contributed by atoms with van der Waals surface area (Å²) in [7, 11) is 0. The third kappa shape index (κ3) is 6.04. The van der Waals surface area contributed by atoms with Crippen molar-refractivity contribution in [2.45, 2.75) is 31.7 Å². The second kappa shape index (κ2) is 8.55. The Balaban J connectivity index is 2.55. The van der Waals surface area contributed by atoms with Gasteiger partial charge in [-0.25, -0.2) is 0 Å². The van der Waals surface area contributed by atoms with E-state index in [1.165, 1.54) is 0 Å². The monoisotopic (exact) mass is 298 g/mol. The molecular formula is C14H19ClN2O3. The number of unbranched alkanes of at least 4 members (excludes halogenated alkanes) is 1.